The fourth-order valence-electron chi connectivity index (χ4n) is 5.48. The SMILES string of the molecule is C[N+](C)(C)[C@@H]1C(=O)C(C(N)=O)=C(O)[C@@]2(O)C(=O)C3=C(O)c4c(O)cccc4CC3C[C@@H]12. The van der Waals surface area contributed by atoms with Gasteiger partial charge in [0.05, 0.1) is 32.6 Å². The van der Waals surface area contributed by atoms with E-state index in [1.807, 2.05) is 0 Å². The number of rotatable bonds is 2. The molecule has 0 heterocycles. The highest BCUT2D eigenvalue weighted by Gasteiger charge is 2.66. The summed E-state index contributed by atoms with van der Waals surface area (Å²) < 4.78 is -0.0156. The van der Waals surface area contributed by atoms with Gasteiger partial charge in [-0.25, -0.2) is 0 Å². The van der Waals surface area contributed by atoms with Crippen molar-refractivity contribution in [3.8, 4) is 5.75 Å². The van der Waals surface area contributed by atoms with Crippen LogP contribution in [0.5, 0.6) is 5.75 Å². The van der Waals surface area contributed by atoms with E-state index in [9.17, 15) is 34.8 Å². The predicted molar refractivity (Wildman–Crippen MR) is 109 cm³/mol. The number of aliphatic hydroxyl groups excluding tert-OH is 2. The Hall–Kier alpha value is -3.17. The topological polar surface area (TPSA) is 158 Å². The van der Waals surface area contributed by atoms with Gasteiger partial charge >= 0.3 is 0 Å². The van der Waals surface area contributed by atoms with Crippen LogP contribution in [-0.4, -0.2) is 75.2 Å². The van der Waals surface area contributed by atoms with E-state index in [2.05, 4.69) is 0 Å². The van der Waals surface area contributed by atoms with Crippen LogP contribution in [-0.2, 0) is 20.8 Å². The molecule has 9 heteroatoms. The van der Waals surface area contributed by atoms with Crippen molar-refractivity contribution in [1.82, 2.24) is 0 Å². The minimum atomic E-state index is -2.60. The number of quaternary nitrogens is 1. The molecule has 31 heavy (non-hydrogen) atoms. The monoisotopic (exact) mass is 429 g/mol. The number of carbonyl (C=O) groups is 3. The first-order valence-electron chi connectivity index (χ1n) is 9.92. The number of hydrogen-bond donors (Lipinski definition) is 5. The highest BCUT2D eigenvalue weighted by Crippen LogP contribution is 2.52. The Morgan fingerprint density at radius 1 is 1.16 bits per heavy atom. The zero-order chi connectivity index (χ0) is 23.0. The molecule has 1 fully saturated rings. The average molecular weight is 429 g/mol. The molecule has 0 aromatic heterocycles. The summed E-state index contributed by atoms with van der Waals surface area (Å²) in [5, 5.41) is 43.4. The van der Waals surface area contributed by atoms with Crippen LogP contribution in [0.4, 0.5) is 0 Å². The van der Waals surface area contributed by atoms with Crippen LogP contribution >= 0.6 is 0 Å². The number of aliphatic hydroxyl groups is 3. The number of nitrogens with zero attached hydrogens (tertiary/aromatic N) is 1. The molecule has 0 bridgehead atoms. The molecule has 3 aliphatic rings. The van der Waals surface area contributed by atoms with Crippen LogP contribution in [0.3, 0.4) is 0 Å². The molecule has 6 N–H and O–H groups in total. The number of amides is 1. The second kappa shape index (κ2) is 6.41. The van der Waals surface area contributed by atoms with E-state index in [-0.39, 0.29) is 27.8 Å². The maximum absolute atomic E-state index is 13.6. The van der Waals surface area contributed by atoms with Gasteiger partial charge in [-0.1, -0.05) is 12.1 Å². The summed E-state index contributed by atoms with van der Waals surface area (Å²) in [7, 11) is 5.06. The van der Waals surface area contributed by atoms with Gasteiger partial charge in [0.2, 0.25) is 11.6 Å². The molecule has 0 spiro atoms. The maximum atomic E-state index is 13.6. The Bertz CT molecular complexity index is 1110. The van der Waals surface area contributed by atoms with E-state index in [0.29, 0.717) is 12.0 Å². The Kier molecular flexibility index (Phi) is 4.36. The Balaban J connectivity index is 2.00. The van der Waals surface area contributed by atoms with Crippen molar-refractivity contribution in [3.63, 3.8) is 0 Å². The van der Waals surface area contributed by atoms with E-state index in [4.69, 9.17) is 5.73 Å². The number of primary amides is 1. The lowest BCUT2D eigenvalue weighted by Crippen LogP contribution is -2.69. The molecule has 9 nitrogen and oxygen atoms in total. The first-order chi connectivity index (χ1) is 14.3. The number of ketones is 2. The zero-order valence-corrected chi connectivity index (χ0v) is 17.4. The number of phenolic OH excluding ortho intramolecular Hbond substituents is 1. The van der Waals surface area contributed by atoms with Gasteiger partial charge in [0.25, 0.3) is 5.91 Å². The summed E-state index contributed by atoms with van der Waals surface area (Å²) in [5.41, 5.74) is 2.50. The van der Waals surface area contributed by atoms with Gasteiger partial charge in [0.15, 0.2) is 11.6 Å². The molecular weight excluding hydrogens is 404 g/mol. The molecule has 1 aromatic carbocycles. The predicted octanol–water partition coefficient (Wildman–Crippen LogP) is 0.109. The number of likely N-dealkylation sites (N-methyl/N-ethyl adjacent to an activating group) is 1. The number of Topliss-reactive ketones (excluding diaryl/α,β-unsaturated/α-hetero) is 2. The normalized spacial score (nSPS) is 30.6. The van der Waals surface area contributed by atoms with Crippen LogP contribution in [0, 0.1) is 11.8 Å². The van der Waals surface area contributed by atoms with Gasteiger partial charge < -0.3 is 30.6 Å². The van der Waals surface area contributed by atoms with E-state index in [1.54, 1.807) is 33.3 Å². The number of hydrogen-bond acceptors (Lipinski definition) is 7. The van der Waals surface area contributed by atoms with Crippen molar-refractivity contribution in [3.05, 3.63) is 46.2 Å². The van der Waals surface area contributed by atoms with Crippen LogP contribution in [0.25, 0.3) is 5.76 Å². The summed E-state index contributed by atoms with van der Waals surface area (Å²) in [6.07, 6.45) is 0.394. The quantitative estimate of drug-likeness (QED) is 0.330. The fourth-order valence-corrected chi connectivity index (χ4v) is 5.48. The lowest BCUT2D eigenvalue weighted by Gasteiger charge is -2.51. The number of carbonyl (C=O) groups excluding carboxylic acids is 3. The number of nitrogens with two attached hydrogens (primary N) is 1. The van der Waals surface area contributed by atoms with Crippen molar-refractivity contribution in [2.24, 2.45) is 17.6 Å². The number of fused-ring (bicyclic) bond motifs is 3. The minimum Gasteiger partial charge on any atom is -0.508 e. The second-order valence-corrected chi connectivity index (χ2v) is 9.43. The van der Waals surface area contributed by atoms with E-state index < -0.39 is 58.0 Å². The van der Waals surface area contributed by atoms with Gasteiger partial charge in [-0.3, -0.25) is 14.4 Å². The van der Waals surface area contributed by atoms with E-state index in [0.717, 1.165) is 0 Å². The van der Waals surface area contributed by atoms with Crippen molar-refractivity contribution < 1.29 is 39.3 Å². The third kappa shape index (κ3) is 2.66. The fraction of sp³-hybridized carbons (Fsp3) is 0.409. The van der Waals surface area contributed by atoms with Crippen molar-refractivity contribution >= 4 is 23.2 Å². The van der Waals surface area contributed by atoms with Gasteiger partial charge in [-0.05, 0) is 30.4 Å². The van der Waals surface area contributed by atoms with Gasteiger partial charge in [-0.2, -0.15) is 0 Å². The smallest absolute Gasteiger partial charge is 0.256 e. The minimum absolute atomic E-state index is 0.0156. The van der Waals surface area contributed by atoms with Crippen LogP contribution in [0.2, 0.25) is 0 Å². The molecule has 1 amide bonds. The van der Waals surface area contributed by atoms with E-state index >= 15 is 0 Å². The average Bonchev–Trinajstić information content (AvgIpc) is 2.63. The zero-order valence-electron chi connectivity index (χ0n) is 17.4. The molecule has 0 aliphatic heterocycles. The third-order valence-corrected chi connectivity index (χ3v) is 6.74. The molecule has 164 valence electrons. The van der Waals surface area contributed by atoms with Crippen LogP contribution in [0.1, 0.15) is 17.5 Å². The molecule has 1 unspecified atom stereocenters. The molecular formula is C22H25N2O7+. The molecule has 1 saturated carbocycles. The number of phenols is 1. The third-order valence-electron chi connectivity index (χ3n) is 6.74. The summed E-state index contributed by atoms with van der Waals surface area (Å²) in [5.74, 6) is -6.34. The van der Waals surface area contributed by atoms with Crippen molar-refractivity contribution in [2.75, 3.05) is 21.1 Å². The van der Waals surface area contributed by atoms with Crippen LogP contribution < -0.4 is 5.73 Å². The van der Waals surface area contributed by atoms with Crippen molar-refractivity contribution in [2.45, 2.75) is 24.5 Å². The Morgan fingerprint density at radius 2 is 1.81 bits per heavy atom. The molecule has 3 aliphatic carbocycles. The van der Waals surface area contributed by atoms with Gasteiger partial charge in [0.1, 0.15) is 22.8 Å². The highest BCUT2D eigenvalue weighted by atomic mass is 16.3. The first-order valence-corrected chi connectivity index (χ1v) is 9.92. The maximum Gasteiger partial charge on any atom is 0.256 e. The Morgan fingerprint density at radius 3 is 2.39 bits per heavy atom. The standard InChI is InChI=1S/C22H24N2O7/c1-24(2,3)16-11-8-10-7-9-5-4-6-12(25)13(9)17(26)14(10)19(28)22(11,31)20(29)15(18(16)27)21(23)30/h4-6,10-11,16,31H,7-8H2,1-3H3,(H4-,23,25,26,27,28,29,30)/p+1/t10?,11-,16-,22-/m0/s1. The van der Waals surface area contributed by atoms with Gasteiger partial charge in [0, 0.05) is 5.57 Å². The van der Waals surface area contributed by atoms with Gasteiger partial charge in [-0.15, -0.1) is 0 Å². The molecule has 4 rings (SSSR count). The molecule has 4 atom stereocenters. The molecule has 1 aromatic rings. The van der Waals surface area contributed by atoms with Crippen LogP contribution in [0.15, 0.2) is 35.1 Å². The summed E-state index contributed by atoms with van der Waals surface area (Å²) >= 11 is 0. The first kappa shape index (κ1) is 21.1. The summed E-state index contributed by atoms with van der Waals surface area (Å²) in [6.45, 7) is 0. The van der Waals surface area contributed by atoms with Crippen molar-refractivity contribution in [1.29, 1.82) is 0 Å². The highest BCUT2D eigenvalue weighted by molar-refractivity contribution is 6.24. The Labute approximate surface area is 178 Å². The van der Waals surface area contributed by atoms with E-state index in [1.165, 1.54) is 6.07 Å². The molecule has 0 radical (unpaired) electrons. The summed E-state index contributed by atoms with van der Waals surface area (Å²) in [6, 6.07) is 3.69. The summed E-state index contributed by atoms with van der Waals surface area (Å²) in [4.78, 5) is 38.7. The second-order valence-electron chi connectivity index (χ2n) is 9.43. The lowest BCUT2D eigenvalue weighted by atomic mass is 9.57. The lowest BCUT2D eigenvalue weighted by molar-refractivity contribution is -0.891. The number of aromatic hydroxyl groups is 1. The number of benzene rings is 1. The largest absolute Gasteiger partial charge is 0.508 e. The molecule has 0 saturated heterocycles.